The average Bonchev–Trinajstić information content (AvgIpc) is 2.64. The van der Waals surface area contributed by atoms with Gasteiger partial charge in [0.2, 0.25) is 0 Å². The molecule has 0 amide bonds. The lowest BCUT2D eigenvalue weighted by Gasteiger charge is -2.07. The Labute approximate surface area is 150 Å². The topological polar surface area (TPSA) is 22.1 Å². The maximum Gasteiger partial charge on any atom is 0.145 e. The van der Waals surface area contributed by atoms with E-state index in [1.807, 2.05) is 39.0 Å². The van der Waals surface area contributed by atoms with Gasteiger partial charge in [-0.3, -0.25) is 4.98 Å². The fraction of sp³-hybridized carbons (Fsp3) is 0.318. The molecule has 1 heterocycles. The van der Waals surface area contributed by atoms with Crippen LogP contribution < -0.4 is 4.74 Å². The van der Waals surface area contributed by atoms with Crippen LogP contribution in [0.5, 0.6) is 5.75 Å². The fourth-order valence-electron chi connectivity index (χ4n) is 0.900. The predicted octanol–water partition coefficient (Wildman–Crippen LogP) is 7.30. The molecule has 0 aliphatic heterocycles. The Hall–Kier alpha value is -2.35. The number of allylic oxidation sites excluding steroid dienone is 5. The number of hydrogen-bond acceptors (Lipinski definition) is 2. The van der Waals surface area contributed by atoms with Gasteiger partial charge in [0, 0.05) is 6.20 Å². The predicted molar refractivity (Wildman–Crippen MR) is 110 cm³/mol. The summed E-state index contributed by atoms with van der Waals surface area (Å²) in [5.41, 5.74) is 0.948. The molecule has 1 aromatic rings. The number of ether oxygens (including phenoxy) is 1. The number of aromatic nitrogens is 1. The van der Waals surface area contributed by atoms with Gasteiger partial charge < -0.3 is 4.74 Å². The molecule has 1 rings (SSSR count). The van der Waals surface area contributed by atoms with Crippen LogP contribution in [0, 0.1) is 0 Å². The van der Waals surface area contributed by atoms with Gasteiger partial charge in [0.1, 0.15) is 11.5 Å². The Morgan fingerprint density at radius 2 is 1.62 bits per heavy atom. The molecule has 0 aliphatic carbocycles. The number of pyridine rings is 1. The van der Waals surface area contributed by atoms with Crippen LogP contribution in [0.25, 0.3) is 0 Å². The van der Waals surface area contributed by atoms with Gasteiger partial charge in [-0.05, 0) is 24.6 Å². The molecular formula is C22H35NO. The maximum atomic E-state index is 5.46. The molecule has 0 aliphatic rings. The lowest BCUT2D eigenvalue weighted by atomic mass is 10.2. The summed E-state index contributed by atoms with van der Waals surface area (Å²) in [5.74, 6) is 1.30. The molecule has 24 heavy (non-hydrogen) atoms. The van der Waals surface area contributed by atoms with Crippen molar-refractivity contribution in [2.24, 2.45) is 0 Å². The maximum absolute atomic E-state index is 5.46. The van der Waals surface area contributed by atoms with E-state index in [4.69, 9.17) is 4.74 Å². The molecule has 134 valence electrons. The molecule has 0 spiro atoms. The zero-order valence-electron chi connectivity index (χ0n) is 16.2. The molecule has 0 N–H and O–H groups in total. The van der Waals surface area contributed by atoms with Gasteiger partial charge in [0.25, 0.3) is 0 Å². The number of rotatable bonds is 6. The first-order chi connectivity index (χ1) is 11.6. The molecule has 0 radical (unpaired) electrons. The summed E-state index contributed by atoms with van der Waals surface area (Å²) in [5, 5.41) is 0. The summed E-state index contributed by atoms with van der Waals surface area (Å²) in [6, 6.07) is 3.65. The van der Waals surface area contributed by atoms with Crippen molar-refractivity contribution in [2.75, 3.05) is 0 Å². The zero-order chi connectivity index (χ0) is 19.2. The van der Waals surface area contributed by atoms with Crippen LogP contribution >= 0.6 is 0 Å². The summed E-state index contributed by atoms with van der Waals surface area (Å²) in [6.07, 6.45) is 12.8. The highest BCUT2D eigenvalue weighted by Gasteiger charge is 1.98. The minimum Gasteiger partial charge on any atom is -0.456 e. The molecule has 2 nitrogen and oxygen atoms in total. The van der Waals surface area contributed by atoms with Crippen LogP contribution in [0.4, 0.5) is 0 Å². The summed E-state index contributed by atoms with van der Waals surface area (Å²) in [6.45, 7) is 24.4. The van der Waals surface area contributed by atoms with E-state index in [9.17, 15) is 0 Å². The molecule has 0 atom stereocenters. The van der Waals surface area contributed by atoms with Crippen LogP contribution in [-0.4, -0.2) is 4.98 Å². The average molecular weight is 330 g/mol. The van der Waals surface area contributed by atoms with E-state index in [0.717, 1.165) is 5.57 Å². The normalized spacial score (nSPS) is 8.62. The minimum atomic E-state index is 0.609. The third kappa shape index (κ3) is 19.7. The van der Waals surface area contributed by atoms with Crippen molar-refractivity contribution in [1.82, 2.24) is 4.98 Å². The van der Waals surface area contributed by atoms with Gasteiger partial charge in [0.15, 0.2) is 0 Å². The van der Waals surface area contributed by atoms with E-state index in [0.29, 0.717) is 11.5 Å². The van der Waals surface area contributed by atoms with Crippen LogP contribution in [-0.2, 0) is 0 Å². The lowest BCUT2D eigenvalue weighted by Crippen LogP contribution is -1.95. The van der Waals surface area contributed by atoms with Crippen LogP contribution in [0.3, 0.4) is 0 Å². The van der Waals surface area contributed by atoms with Crippen molar-refractivity contribution in [3.8, 4) is 5.75 Å². The van der Waals surface area contributed by atoms with Crippen LogP contribution in [0.1, 0.15) is 47.5 Å². The van der Waals surface area contributed by atoms with Crippen molar-refractivity contribution in [3.05, 3.63) is 86.5 Å². The Balaban J connectivity index is -0.000000367. The monoisotopic (exact) mass is 329 g/mol. The van der Waals surface area contributed by atoms with Crippen LogP contribution in [0.2, 0.25) is 0 Å². The number of hydrogen-bond donors (Lipinski definition) is 0. The van der Waals surface area contributed by atoms with E-state index in [-0.39, 0.29) is 0 Å². The molecule has 0 saturated carbocycles. The van der Waals surface area contributed by atoms with Crippen LogP contribution in [0.15, 0.2) is 86.5 Å². The Morgan fingerprint density at radius 3 is 1.96 bits per heavy atom. The lowest BCUT2D eigenvalue weighted by molar-refractivity contribution is 0.437. The number of unbranched alkanes of at least 4 members (excludes halogenated alkanes) is 1. The Morgan fingerprint density at radius 1 is 1.08 bits per heavy atom. The van der Waals surface area contributed by atoms with E-state index in [1.165, 1.54) is 12.8 Å². The largest absolute Gasteiger partial charge is 0.456 e. The first-order valence-electron chi connectivity index (χ1n) is 8.37. The van der Waals surface area contributed by atoms with Gasteiger partial charge in [-0.25, -0.2) is 0 Å². The first kappa shape index (κ1) is 26.5. The van der Waals surface area contributed by atoms with Crippen molar-refractivity contribution < 1.29 is 4.74 Å². The molecule has 0 unspecified atom stereocenters. The smallest absolute Gasteiger partial charge is 0.145 e. The van der Waals surface area contributed by atoms with Crippen molar-refractivity contribution in [3.63, 3.8) is 0 Å². The third-order valence-corrected chi connectivity index (χ3v) is 2.35. The van der Waals surface area contributed by atoms with Crippen molar-refractivity contribution >= 4 is 0 Å². The van der Waals surface area contributed by atoms with E-state index >= 15 is 0 Å². The molecule has 0 aromatic carbocycles. The molecule has 1 aromatic heterocycles. The van der Waals surface area contributed by atoms with E-state index in [1.54, 1.807) is 30.6 Å². The van der Waals surface area contributed by atoms with Gasteiger partial charge in [0.05, 0.1) is 6.20 Å². The summed E-state index contributed by atoms with van der Waals surface area (Å²) in [4.78, 5) is 3.94. The second-order valence-corrected chi connectivity index (χ2v) is 4.27. The zero-order valence-corrected chi connectivity index (χ0v) is 16.2. The summed E-state index contributed by atoms with van der Waals surface area (Å²) in [7, 11) is 0. The standard InChI is InChI=1S/C12H13NO.C4H10.C4H6.C2H6/c1-4-6-10(2)11(3)14-12-7-5-8-13-9-12;2*1-3-4-2;1-2/h4-9H,1,3H2,2H3;3-4H2,1-2H3;3-4H,1-2H2;1-2H3/b10-6-;;;. The van der Waals surface area contributed by atoms with Gasteiger partial charge in [-0.15, -0.1) is 0 Å². The Kier molecular flexibility index (Phi) is 25.4. The van der Waals surface area contributed by atoms with E-state index in [2.05, 4.69) is 45.1 Å². The van der Waals surface area contributed by atoms with Crippen molar-refractivity contribution in [2.45, 2.75) is 47.5 Å². The third-order valence-electron chi connectivity index (χ3n) is 2.35. The highest BCUT2D eigenvalue weighted by molar-refractivity contribution is 5.29. The second-order valence-electron chi connectivity index (χ2n) is 4.27. The highest BCUT2D eigenvalue weighted by Crippen LogP contribution is 2.15. The minimum absolute atomic E-state index is 0.609. The highest BCUT2D eigenvalue weighted by atomic mass is 16.5. The summed E-state index contributed by atoms with van der Waals surface area (Å²) < 4.78 is 5.46. The second kappa shape index (κ2) is 22.9. The summed E-state index contributed by atoms with van der Waals surface area (Å²) >= 11 is 0. The molecular weight excluding hydrogens is 294 g/mol. The Bertz CT molecular complexity index is 450. The van der Waals surface area contributed by atoms with Gasteiger partial charge >= 0.3 is 0 Å². The molecule has 2 heteroatoms. The van der Waals surface area contributed by atoms with Gasteiger partial charge in [-0.2, -0.15) is 0 Å². The molecule has 0 bridgehead atoms. The molecule has 0 saturated heterocycles. The van der Waals surface area contributed by atoms with E-state index < -0.39 is 0 Å². The number of nitrogens with zero attached hydrogens (tertiary/aromatic N) is 1. The molecule has 0 fully saturated rings. The van der Waals surface area contributed by atoms with Crippen molar-refractivity contribution in [1.29, 1.82) is 0 Å². The van der Waals surface area contributed by atoms with Gasteiger partial charge in [-0.1, -0.05) is 91.2 Å². The quantitative estimate of drug-likeness (QED) is 0.403. The first-order valence-corrected chi connectivity index (χ1v) is 8.37. The fourth-order valence-corrected chi connectivity index (χ4v) is 0.900. The SMILES string of the molecule is C=C/C=C(/C)C(=C)Oc1cccnc1.C=CC=C.CC.CCCC.